The fourth-order valence-corrected chi connectivity index (χ4v) is 2.41. The van der Waals surface area contributed by atoms with E-state index in [-0.39, 0.29) is 6.04 Å². The van der Waals surface area contributed by atoms with Gasteiger partial charge in [-0.05, 0) is 43.7 Å². The van der Waals surface area contributed by atoms with Gasteiger partial charge >= 0.3 is 0 Å². The standard InChI is InChI=1S/C11H19NOS/c1-3-13-7-4-5-10(12)11-9(2)6-8-14-11/h6,8,10H,3-5,7,12H2,1-2H3. The summed E-state index contributed by atoms with van der Waals surface area (Å²) in [5.74, 6) is 0. The third kappa shape index (κ3) is 3.40. The lowest BCUT2D eigenvalue weighted by Gasteiger charge is -2.10. The number of hydrogen-bond donors (Lipinski definition) is 1. The van der Waals surface area contributed by atoms with Crippen molar-refractivity contribution in [2.45, 2.75) is 32.7 Å². The minimum atomic E-state index is 0.190. The molecule has 0 bridgehead atoms. The molecule has 1 aromatic rings. The van der Waals surface area contributed by atoms with Crippen LogP contribution in [0.3, 0.4) is 0 Å². The molecule has 1 rings (SSSR count). The van der Waals surface area contributed by atoms with E-state index in [2.05, 4.69) is 18.4 Å². The number of hydrogen-bond acceptors (Lipinski definition) is 3. The van der Waals surface area contributed by atoms with Gasteiger partial charge in [-0.25, -0.2) is 0 Å². The van der Waals surface area contributed by atoms with Gasteiger partial charge in [-0.1, -0.05) is 0 Å². The molecule has 0 saturated heterocycles. The molecule has 0 radical (unpaired) electrons. The van der Waals surface area contributed by atoms with E-state index < -0.39 is 0 Å². The molecule has 0 saturated carbocycles. The summed E-state index contributed by atoms with van der Waals surface area (Å²) in [6.45, 7) is 5.76. The Balaban J connectivity index is 2.28. The minimum Gasteiger partial charge on any atom is -0.382 e. The molecule has 2 N–H and O–H groups in total. The van der Waals surface area contributed by atoms with E-state index in [0.29, 0.717) is 0 Å². The normalized spacial score (nSPS) is 13.1. The van der Waals surface area contributed by atoms with Crippen LogP contribution in [0.1, 0.15) is 36.2 Å². The topological polar surface area (TPSA) is 35.2 Å². The SMILES string of the molecule is CCOCCCC(N)c1sccc1C. The molecule has 14 heavy (non-hydrogen) atoms. The van der Waals surface area contributed by atoms with Crippen LogP contribution in [0.5, 0.6) is 0 Å². The molecule has 0 fully saturated rings. The molecule has 0 amide bonds. The van der Waals surface area contributed by atoms with Crippen molar-refractivity contribution in [1.29, 1.82) is 0 Å². The van der Waals surface area contributed by atoms with Crippen LogP contribution in [-0.2, 0) is 4.74 Å². The van der Waals surface area contributed by atoms with E-state index in [1.165, 1.54) is 10.4 Å². The highest BCUT2D eigenvalue weighted by atomic mass is 32.1. The van der Waals surface area contributed by atoms with Crippen molar-refractivity contribution in [2.24, 2.45) is 5.73 Å². The van der Waals surface area contributed by atoms with Gasteiger partial charge in [0.05, 0.1) is 0 Å². The maximum atomic E-state index is 6.08. The van der Waals surface area contributed by atoms with E-state index in [4.69, 9.17) is 10.5 Å². The number of ether oxygens (including phenoxy) is 1. The van der Waals surface area contributed by atoms with E-state index in [1.807, 2.05) is 6.92 Å². The van der Waals surface area contributed by atoms with Crippen molar-refractivity contribution in [3.63, 3.8) is 0 Å². The quantitative estimate of drug-likeness (QED) is 0.737. The highest BCUT2D eigenvalue weighted by Gasteiger charge is 2.09. The van der Waals surface area contributed by atoms with Crippen LogP contribution in [0, 0.1) is 6.92 Å². The first-order valence-corrected chi connectivity index (χ1v) is 6.01. The van der Waals surface area contributed by atoms with Crippen LogP contribution in [0.15, 0.2) is 11.4 Å². The zero-order valence-electron chi connectivity index (χ0n) is 8.95. The van der Waals surface area contributed by atoms with Gasteiger partial charge < -0.3 is 10.5 Å². The Morgan fingerprint density at radius 3 is 2.93 bits per heavy atom. The summed E-state index contributed by atoms with van der Waals surface area (Å²) >= 11 is 1.76. The Kier molecular flexibility index (Phi) is 5.15. The number of nitrogens with two attached hydrogens (primary N) is 1. The molecule has 0 aromatic carbocycles. The summed E-state index contributed by atoms with van der Waals surface area (Å²) < 4.78 is 5.28. The average molecular weight is 213 g/mol. The second kappa shape index (κ2) is 6.17. The van der Waals surface area contributed by atoms with Crippen molar-refractivity contribution in [1.82, 2.24) is 0 Å². The monoisotopic (exact) mass is 213 g/mol. The molecule has 0 aliphatic rings. The summed E-state index contributed by atoms with van der Waals surface area (Å²) in [4.78, 5) is 1.32. The lowest BCUT2D eigenvalue weighted by molar-refractivity contribution is 0.142. The van der Waals surface area contributed by atoms with Crippen molar-refractivity contribution < 1.29 is 4.74 Å². The van der Waals surface area contributed by atoms with E-state index in [9.17, 15) is 0 Å². The molecule has 0 aliphatic heterocycles. The van der Waals surface area contributed by atoms with Gasteiger partial charge in [0, 0.05) is 24.1 Å². The van der Waals surface area contributed by atoms with Crippen LogP contribution < -0.4 is 5.73 Å². The molecule has 1 aromatic heterocycles. The minimum absolute atomic E-state index is 0.190. The summed E-state index contributed by atoms with van der Waals surface area (Å²) in [6, 6.07) is 2.32. The molecule has 1 unspecified atom stereocenters. The largest absolute Gasteiger partial charge is 0.382 e. The molecule has 1 heterocycles. The van der Waals surface area contributed by atoms with Gasteiger partial charge in [0.2, 0.25) is 0 Å². The van der Waals surface area contributed by atoms with Gasteiger partial charge in [-0.15, -0.1) is 11.3 Å². The van der Waals surface area contributed by atoms with E-state index >= 15 is 0 Å². The van der Waals surface area contributed by atoms with Crippen LogP contribution in [-0.4, -0.2) is 13.2 Å². The van der Waals surface area contributed by atoms with Gasteiger partial charge in [0.1, 0.15) is 0 Å². The molecule has 1 atom stereocenters. The van der Waals surface area contributed by atoms with Crippen LogP contribution in [0.25, 0.3) is 0 Å². The van der Waals surface area contributed by atoms with Gasteiger partial charge in [-0.2, -0.15) is 0 Å². The highest BCUT2D eigenvalue weighted by molar-refractivity contribution is 7.10. The fourth-order valence-electron chi connectivity index (χ4n) is 1.45. The Morgan fingerprint density at radius 2 is 2.36 bits per heavy atom. The first-order valence-electron chi connectivity index (χ1n) is 5.13. The molecular formula is C11H19NOS. The summed E-state index contributed by atoms with van der Waals surface area (Å²) in [6.07, 6.45) is 2.06. The number of rotatable bonds is 6. The van der Waals surface area contributed by atoms with E-state index in [0.717, 1.165) is 26.1 Å². The Bertz CT molecular complexity index is 260. The predicted molar refractivity (Wildman–Crippen MR) is 61.7 cm³/mol. The summed E-state index contributed by atoms with van der Waals surface area (Å²) in [5, 5.41) is 2.10. The van der Waals surface area contributed by atoms with Crippen LogP contribution in [0.2, 0.25) is 0 Å². The summed E-state index contributed by atoms with van der Waals surface area (Å²) in [7, 11) is 0. The number of thiophene rings is 1. The molecule has 0 spiro atoms. The first-order chi connectivity index (χ1) is 6.75. The smallest absolute Gasteiger partial charge is 0.0466 e. The Morgan fingerprint density at radius 1 is 1.57 bits per heavy atom. The van der Waals surface area contributed by atoms with Gasteiger partial charge in [-0.3, -0.25) is 0 Å². The van der Waals surface area contributed by atoms with Crippen molar-refractivity contribution >= 4 is 11.3 Å². The highest BCUT2D eigenvalue weighted by Crippen LogP contribution is 2.24. The second-order valence-corrected chi connectivity index (χ2v) is 4.36. The third-order valence-electron chi connectivity index (χ3n) is 2.25. The third-order valence-corrected chi connectivity index (χ3v) is 3.40. The zero-order chi connectivity index (χ0) is 10.4. The predicted octanol–water partition coefficient (Wildman–Crippen LogP) is 2.87. The fraction of sp³-hybridized carbons (Fsp3) is 0.636. The van der Waals surface area contributed by atoms with Crippen molar-refractivity contribution in [3.8, 4) is 0 Å². The first kappa shape index (κ1) is 11.7. The molecule has 80 valence electrons. The molecule has 2 nitrogen and oxygen atoms in total. The van der Waals surface area contributed by atoms with Gasteiger partial charge in [0.15, 0.2) is 0 Å². The van der Waals surface area contributed by atoms with Crippen molar-refractivity contribution in [3.05, 3.63) is 21.9 Å². The molecule has 0 aliphatic carbocycles. The summed E-state index contributed by atoms with van der Waals surface area (Å²) in [5.41, 5.74) is 7.40. The van der Waals surface area contributed by atoms with Crippen molar-refractivity contribution in [2.75, 3.05) is 13.2 Å². The number of aryl methyl sites for hydroxylation is 1. The lowest BCUT2D eigenvalue weighted by Crippen LogP contribution is -2.10. The van der Waals surface area contributed by atoms with Crippen LogP contribution in [0.4, 0.5) is 0 Å². The Hall–Kier alpha value is -0.380. The molecular weight excluding hydrogens is 194 g/mol. The lowest BCUT2D eigenvalue weighted by atomic mass is 10.1. The Labute approximate surface area is 90.1 Å². The van der Waals surface area contributed by atoms with Gasteiger partial charge in [0.25, 0.3) is 0 Å². The molecule has 3 heteroatoms. The zero-order valence-corrected chi connectivity index (χ0v) is 9.77. The van der Waals surface area contributed by atoms with Crippen LogP contribution >= 0.6 is 11.3 Å². The van der Waals surface area contributed by atoms with E-state index in [1.54, 1.807) is 11.3 Å². The second-order valence-electron chi connectivity index (χ2n) is 3.41. The maximum Gasteiger partial charge on any atom is 0.0466 e. The maximum absolute atomic E-state index is 6.08. The average Bonchev–Trinajstić information content (AvgIpc) is 2.59.